The van der Waals surface area contributed by atoms with Gasteiger partial charge in [-0.1, -0.05) is 69.5 Å². The Hall–Kier alpha value is -3.28. The molecule has 6 heteroatoms. The molecular weight excluding hydrogens is 412 g/mol. The molecule has 2 heterocycles. The van der Waals surface area contributed by atoms with Gasteiger partial charge < -0.3 is 4.90 Å². The molecule has 0 fully saturated rings. The molecule has 1 atom stereocenters. The lowest BCUT2D eigenvalue weighted by molar-refractivity contribution is -0.132. The van der Waals surface area contributed by atoms with E-state index in [1.807, 2.05) is 47.4 Å². The van der Waals surface area contributed by atoms with Gasteiger partial charge in [0.25, 0.3) is 5.91 Å². The van der Waals surface area contributed by atoms with E-state index >= 15 is 0 Å². The number of hydrogen-bond donors (Lipinski definition) is 1. The van der Waals surface area contributed by atoms with Crippen LogP contribution in [0, 0.1) is 5.92 Å². The molecule has 0 aliphatic carbocycles. The fraction of sp³-hybridized carbons (Fsp3) is 0.407. The first kappa shape index (κ1) is 22.9. The van der Waals surface area contributed by atoms with Crippen molar-refractivity contribution in [3.63, 3.8) is 0 Å². The fourth-order valence-corrected chi connectivity index (χ4v) is 4.41. The predicted octanol–water partition coefficient (Wildman–Crippen LogP) is 5.37. The third kappa shape index (κ3) is 5.56. The number of unbranched alkanes of at least 4 members (excludes halogenated alkanes) is 1. The number of fused-ring (bicyclic) bond motifs is 2. The fourth-order valence-electron chi connectivity index (χ4n) is 4.41. The molecule has 3 aromatic rings. The number of benzene rings is 2. The second kappa shape index (κ2) is 10.6. The Bertz CT molecular complexity index is 1140. The lowest BCUT2D eigenvalue weighted by Gasteiger charge is -2.28. The number of carbonyl (C=O) groups is 2. The summed E-state index contributed by atoms with van der Waals surface area (Å²) in [6.45, 7) is 5.62. The van der Waals surface area contributed by atoms with Gasteiger partial charge in [-0.2, -0.15) is 0 Å². The highest BCUT2D eigenvalue weighted by molar-refractivity contribution is 6.12. The van der Waals surface area contributed by atoms with Gasteiger partial charge in [0.15, 0.2) is 0 Å². The highest BCUT2D eigenvalue weighted by Crippen LogP contribution is 2.22. The Morgan fingerprint density at radius 1 is 1.12 bits per heavy atom. The summed E-state index contributed by atoms with van der Waals surface area (Å²) in [6, 6.07) is 13.5. The number of rotatable bonds is 8. The van der Waals surface area contributed by atoms with E-state index in [4.69, 9.17) is 0 Å². The van der Waals surface area contributed by atoms with E-state index in [2.05, 4.69) is 29.1 Å². The maximum Gasteiger partial charge on any atom is 0.258 e. The average Bonchev–Trinajstić information content (AvgIpc) is 2.85. The standard InChI is InChI=1S/C27H32N4O2/c1-3-4-8-19(2)13-14-25(32)31-16-15-24-21(18-31)17-28-27(29-24)30-26(33)23-12-7-10-20-9-5-6-11-22(20)23/h5-7,9-12,17,19H,3-4,8,13-16,18H2,1-2H3,(H,28,29,30,33). The van der Waals surface area contributed by atoms with Crippen molar-refractivity contribution in [3.8, 4) is 0 Å². The number of hydrogen-bond acceptors (Lipinski definition) is 4. The molecule has 1 aromatic heterocycles. The zero-order valence-electron chi connectivity index (χ0n) is 19.5. The maximum absolute atomic E-state index is 12.9. The third-order valence-corrected chi connectivity index (χ3v) is 6.45. The van der Waals surface area contributed by atoms with Crippen molar-refractivity contribution in [2.75, 3.05) is 11.9 Å². The first-order valence-electron chi connectivity index (χ1n) is 12.0. The Morgan fingerprint density at radius 2 is 1.94 bits per heavy atom. The maximum atomic E-state index is 12.9. The van der Waals surface area contributed by atoms with Crippen LogP contribution in [0.4, 0.5) is 5.95 Å². The van der Waals surface area contributed by atoms with Crippen LogP contribution >= 0.6 is 0 Å². The van der Waals surface area contributed by atoms with Gasteiger partial charge in [-0.25, -0.2) is 9.97 Å². The summed E-state index contributed by atoms with van der Waals surface area (Å²) in [7, 11) is 0. The summed E-state index contributed by atoms with van der Waals surface area (Å²) in [5.74, 6) is 0.868. The molecule has 0 bridgehead atoms. The number of amides is 2. The minimum absolute atomic E-state index is 0.206. The molecule has 1 aliphatic heterocycles. The van der Waals surface area contributed by atoms with Crippen molar-refractivity contribution in [1.82, 2.24) is 14.9 Å². The van der Waals surface area contributed by atoms with E-state index in [1.54, 1.807) is 6.20 Å². The molecule has 1 unspecified atom stereocenters. The van der Waals surface area contributed by atoms with Crippen LogP contribution < -0.4 is 5.32 Å². The number of carbonyl (C=O) groups excluding carboxylic acids is 2. The van der Waals surface area contributed by atoms with Crippen LogP contribution in [0.3, 0.4) is 0 Å². The number of nitrogens with one attached hydrogen (secondary N) is 1. The lowest BCUT2D eigenvalue weighted by Crippen LogP contribution is -2.36. The average molecular weight is 445 g/mol. The monoisotopic (exact) mass is 444 g/mol. The van der Waals surface area contributed by atoms with E-state index in [1.165, 1.54) is 19.3 Å². The summed E-state index contributed by atoms with van der Waals surface area (Å²) in [5.41, 5.74) is 2.45. The van der Waals surface area contributed by atoms with Crippen LogP contribution in [-0.2, 0) is 17.8 Å². The predicted molar refractivity (Wildman–Crippen MR) is 131 cm³/mol. The molecule has 172 valence electrons. The quantitative estimate of drug-likeness (QED) is 0.507. The zero-order chi connectivity index (χ0) is 23.2. The summed E-state index contributed by atoms with van der Waals surface area (Å²) in [4.78, 5) is 36.4. The van der Waals surface area contributed by atoms with Crippen molar-refractivity contribution in [1.29, 1.82) is 0 Å². The number of anilines is 1. The molecule has 6 nitrogen and oxygen atoms in total. The van der Waals surface area contributed by atoms with E-state index in [9.17, 15) is 9.59 Å². The second-order valence-electron chi connectivity index (χ2n) is 9.00. The van der Waals surface area contributed by atoms with E-state index in [0.717, 1.165) is 28.5 Å². The molecule has 4 rings (SSSR count). The van der Waals surface area contributed by atoms with Crippen LogP contribution in [0.15, 0.2) is 48.7 Å². The summed E-state index contributed by atoms with van der Waals surface area (Å²) in [6.07, 6.45) is 7.57. The smallest absolute Gasteiger partial charge is 0.258 e. The topological polar surface area (TPSA) is 75.2 Å². The van der Waals surface area contributed by atoms with Crippen molar-refractivity contribution < 1.29 is 9.59 Å². The Balaban J connectivity index is 1.38. The molecule has 2 aromatic carbocycles. The van der Waals surface area contributed by atoms with Gasteiger partial charge in [-0.3, -0.25) is 14.9 Å². The largest absolute Gasteiger partial charge is 0.338 e. The van der Waals surface area contributed by atoms with Crippen LogP contribution in [0.25, 0.3) is 10.8 Å². The van der Waals surface area contributed by atoms with E-state index in [0.29, 0.717) is 43.4 Å². The molecule has 2 amide bonds. The van der Waals surface area contributed by atoms with Gasteiger partial charge in [0.05, 0.1) is 5.69 Å². The molecule has 0 saturated carbocycles. The van der Waals surface area contributed by atoms with Crippen LogP contribution in [0.5, 0.6) is 0 Å². The molecule has 0 saturated heterocycles. The Kier molecular flexibility index (Phi) is 7.33. The Labute approximate surface area is 195 Å². The van der Waals surface area contributed by atoms with Crippen molar-refractivity contribution in [2.45, 2.75) is 58.9 Å². The van der Waals surface area contributed by atoms with Crippen molar-refractivity contribution >= 4 is 28.5 Å². The minimum atomic E-state index is -0.225. The highest BCUT2D eigenvalue weighted by atomic mass is 16.2. The first-order chi connectivity index (χ1) is 16.0. The molecule has 1 aliphatic rings. The van der Waals surface area contributed by atoms with Gasteiger partial charge in [0, 0.05) is 43.3 Å². The molecular formula is C27H32N4O2. The molecule has 33 heavy (non-hydrogen) atoms. The summed E-state index contributed by atoms with van der Waals surface area (Å²) in [5, 5.41) is 4.75. The lowest BCUT2D eigenvalue weighted by atomic mass is 9.98. The Morgan fingerprint density at radius 3 is 2.79 bits per heavy atom. The van der Waals surface area contributed by atoms with Gasteiger partial charge >= 0.3 is 0 Å². The molecule has 0 radical (unpaired) electrons. The van der Waals surface area contributed by atoms with Gasteiger partial charge in [0.1, 0.15) is 0 Å². The van der Waals surface area contributed by atoms with Crippen LogP contribution in [0.2, 0.25) is 0 Å². The van der Waals surface area contributed by atoms with Crippen LogP contribution in [0.1, 0.15) is 67.6 Å². The first-order valence-corrected chi connectivity index (χ1v) is 12.0. The van der Waals surface area contributed by atoms with Crippen molar-refractivity contribution in [3.05, 3.63) is 65.5 Å². The highest BCUT2D eigenvalue weighted by Gasteiger charge is 2.23. The van der Waals surface area contributed by atoms with E-state index < -0.39 is 0 Å². The summed E-state index contributed by atoms with van der Waals surface area (Å²) < 4.78 is 0. The normalized spacial score (nSPS) is 14.1. The zero-order valence-corrected chi connectivity index (χ0v) is 19.5. The van der Waals surface area contributed by atoms with Gasteiger partial charge in [-0.05, 0) is 29.2 Å². The molecule has 0 spiro atoms. The van der Waals surface area contributed by atoms with E-state index in [-0.39, 0.29) is 11.8 Å². The number of nitrogens with zero attached hydrogens (tertiary/aromatic N) is 3. The van der Waals surface area contributed by atoms with Crippen molar-refractivity contribution in [2.24, 2.45) is 5.92 Å². The SMILES string of the molecule is CCCCC(C)CCC(=O)N1CCc2nc(NC(=O)c3cccc4ccccc34)ncc2C1. The number of aromatic nitrogens is 2. The third-order valence-electron chi connectivity index (χ3n) is 6.45. The summed E-state index contributed by atoms with van der Waals surface area (Å²) >= 11 is 0. The minimum Gasteiger partial charge on any atom is -0.338 e. The van der Waals surface area contributed by atoms with Gasteiger partial charge in [0.2, 0.25) is 11.9 Å². The van der Waals surface area contributed by atoms with Gasteiger partial charge in [-0.15, -0.1) is 0 Å². The van der Waals surface area contributed by atoms with Crippen LogP contribution in [-0.4, -0.2) is 33.2 Å². The molecule has 1 N–H and O–H groups in total. The second-order valence-corrected chi connectivity index (χ2v) is 9.00.